The molecule has 0 aliphatic heterocycles. The number of hydrogen-bond donors (Lipinski definition) is 2. The average molecular weight is 350 g/mol. The Morgan fingerprint density at radius 2 is 1.96 bits per heavy atom. The maximum atomic E-state index is 12.0. The van der Waals surface area contributed by atoms with Crippen LogP contribution in [0.1, 0.15) is 15.9 Å². The third kappa shape index (κ3) is 4.92. The minimum atomic E-state index is -0.328. The normalized spacial score (nSPS) is 11.0. The van der Waals surface area contributed by atoms with Gasteiger partial charge in [0.15, 0.2) is 0 Å². The summed E-state index contributed by atoms with van der Waals surface area (Å²) in [7, 11) is 3.43. The van der Waals surface area contributed by atoms with Crippen LogP contribution in [-0.4, -0.2) is 30.9 Å². The van der Waals surface area contributed by atoms with Gasteiger partial charge in [-0.2, -0.15) is 0 Å². The fourth-order valence-electron chi connectivity index (χ4n) is 1.78. The molecule has 0 saturated heterocycles. The van der Waals surface area contributed by atoms with Crippen LogP contribution in [0.25, 0.3) is 6.08 Å². The van der Waals surface area contributed by atoms with Crippen LogP contribution in [0.3, 0.4) is 0 Å². The number of nitrogens with one attached hydrogen (secondary N) is 2. The van der Waals surface area contributed by atoms with E-state index in [9.17, 15) is 9.59 Å². The molecular formula is C16H16ClN3O2S. The SMILES string of the molecule is CN(C)NC(=O)c1ccsc1NC(=O)C=Cc1ccccc1Cl. The Kier molecular flexibility index (Phi) is 5.92. The molecule has 0 spiro atoms. The predicted octanol–water partition coefficient (Wildman–Crippen LogP) is 3.26. The van der Waals surface area contributed by atoms with Crippen LogP contribution >= 0.6 is 22.9 Å². The third-order valence-corrected chi connectivity index (χ3v) is 3.97. The van der Waals surface area contributed by atoms with Gasteiger partial charge in [-0.3, -0.25) is 15.0 Å². The Hall–Kier alpha value is -2.15. The maximum absolute atomic E-state index is 12.0. The Morgan fingerprint density at radius 3 is 2.65 bits per heavy atom. The minimum absolute atomic E-state index is 0.276. The lowest BCUT2D eigenvalue weighted by molar-refractivity contribution is -0.111. The summed E-state index contributed by atoms with van der Waals surface area (Å²) >= 11 is 7.31. The van der Waals surface area contributed by atoms with Crippen molar-refractivity contribution in [1.29, 1.82) is 0 Å². The number of hydrogen-bond acceptors (Lipinski definition) is 4. The van der Waals surface area contributed by atoms with Gasteiger partial charge in [-0.1, -0.05) is 29.8 Å². The predicted molar refractivity (Wildman–Crippen MR) is 94.6 cm³/mol. The number of benzene rings is 1. The molecule has 7 heteroatoms. The first-order valence-corrected chi connectivity index (χ1v) is 8.02. The van der Waals surface area contributed by atoms with Crippen LogP contribution in [0.5, 0.6) is 0 Å². The van der Waals surface area contributed by atoms with Crippen molar-refractivity contribution in [1.82, 2.24) is 10.4 Å². The molecule has 2 rings (SSSR count). The molecule has 2 aromatic rings. The number of anilines is 1. The molecule has 0 aliphatic rings. The molecule has 0 radical (unpaired) electrons. The number of amides is 2. The van der Waals surface area contributed by atoms with E-state index in [-0.39, 0.29) is 11.8 Å². The summed E-state index contributed by atoms with van der Waals surface area (Å²) in [6, 6.07) is 8.89. The molecule has 0 saturated carbocycles. The molecule has 0 unspecified atom stereocenters. The zero-order valence-electron chi connectivity index (χ0n) is 12.7. The minimum Gasteiger partial charge on any atom is -0.313 e. The number of hydrazine groups is 1. The molecule has 120 valence electrons. The van der Waals surface area contributed by atoms with Crippen LogP contribution in [0.4, 0.5) is 5.00 Å². The highest BCUT2D eigenvalue weighted by atomic mass is 35.5. The third-order valence-electron chi connectivity index (χ3n) is 2.79. The second-order valence-corrected chi connectivity index (χ2v) is 6.17. The highest BCUT2D eigenvalue weighted by Crippen LogP contribution is 2.23. The number of thiophene rings is 1. The summed E-state index contributed by atoms with van der Waals surface area (Å²) in [5.74, 6) is -0.604. The van der Waals surface area contributed by atoms with Crippen LogP contribution in [-0.2, 0) is 4.79 Å². The van der Waals surface area contributed by atoms with E-state index in [2.05, 4.69) is 10.7 Å². The molecule has 2 N–H and O–H groups in total. The zero-order chi connectivity index (χ0) is 16.8. The second-order valence-electron chi connectivity index (χ2n) is 4.84. The topological polar surface area (TPSA) is 61.4 Å². The van der Waals surface area contributed by atoms with E-state index in [1.165, 1.54) is 17.4 Å². The van der Waals surface area contributed by atoms with Crippen LogP contribution < -0.4 is 10.7 Å². The molecule has 5 nitrogen and oxygen atoms in total. The Bertz CT molecular complexity index is 740. The molecule has 0 atom stereocenters. The van der Waals surface area contributed by atoms with Gasteiger partial charge in [0.05, 0.1) is 5.56 Å². The number of rotatable bonds is 5. The number of halogens is 1. The molecular weight excluding hydrogens is 334 g/mol. The van der Waals surface area contributed by atoms with E-state index in [1.807, 2.05) is 18.2 Å². The van der Waals surface area contributed by atoms with Gasteiger partial charge >= 0.3 is 0 Å². The molecule has 0 bridgehead atoms. The summed E-state index contributed by atoms with van der Waals surface area (Å²) < 4.78 is 0. The number of carbonyl (C=O) groups excluding carboxylic acids is 2. The molecule has 0 fully saturated rings. The van der Waals surface area contributed by atoms with Crippen molar-refractivity contribution in [3.8, 4) is 0 Å². The lowest BCUT2D eigenvalue weighted by Crippen LogP contribution is -2.36. The van der Waals surface area contributed by atoms with Crippen molar-refractivity contribution in [3.05, 3.63) is 57.9 Å². The van der Waals surface area contributed by atoms with Gasteiger partial charge < -0.3 is 5.32 Å². The van der Waals surface area contributed by atoms with E-state index >= 15 is 0 Å². The van der Waals surface area contributed by atoms with Crippen LogP contribution in [0.15, 0.2) is 41.8 Å². The lowest BCUT2D eigenvalue weighted by Gasteiger charge is -2.12. The summed E-state index contributed by atoms with van der Waals surface area (Å²) in [5, 5.41) is 7.06. The van der Waals surface area contributed by atoms with Crippen molar-refractivity contribution in [2.75, 3.05) is 19.4 Å². The lowest BCUT2D eigenvalue weighted by atomic mass is 10.2. The highest BCUT2D eigenvalue weighted by molar-refractivity contribution is 7.14. The fraction of sp³-hybridized carbons (Fsp3) is 0.125. The first-order chi connectivity index (χ1) is 11.0. The molecule has 1 aromatic heterocycles. The molecule has 1 aromatic carbocycles. The molecule has 23 heavy (non-hydrogen) atoms. The first kappa shape index (κ1) is 17.2. The Labute approximate surface area is 143 Å². The molecule has 0 aliphatic carbocycles. The largest absolute Gasteiger partial charge is 0.313 e. The summed E-state index contributed by atoms with van der Waals surface area (Å²) in [6.45, 7) is 0. The smallest absolute Gasteiger partial charge is 0.268 e. The van der Waals surface area contributed by atoms with Gasteiger partial charge in [-0.25, -0.2) is 5.01 Å². The van der Waals surface area contributed by atoms with Gasteiger partial charge in [0.25, 0.3) is 5.91 Å². The van der Waals surface area contributed by atoms with Gasteiger partial charge in [-0.15, -0.1) is 11.3 Å². The van der Waals surface area contributed by atoms with Crippen molar-refractivity contribution in [2.24, 2.45) is 0 Å². The quantitative estimate of drug-likeness (QED) is 0.643. The van der Waals surface area contributed by atoms with Crippen LogP contribution in [0.2, 0.25) is 5.02 Å². The Balaban J connectivity index is 2.05. The van der Waals surface area contributed by atoms with E-state index in [0.29, 0.717) is 15.6 Å². The number of nitrogens with zero attached hydrogens (tertiary/aromatic N) is 1. The standard InChI is InChI=1S/C16H16ClN3O2S/c1-20(2)19-15(22)12-9-10-23-16(12)18-14(21)8-7-11-5-3-4-6-13(11)17/h3-10H,1-2H3,(H,18,21)(H,19,22). The molecule has 1 heterocycles. The summed E-state index contributed by atoms with van der Waals surface area (Å²) in [6.07, 6.45) is 3.01. The summed E-state index contributed by atoms with van der Waals surface area (Å²) in [4.78, 5) is 24.0. The second kappa shape index (κ2) is 7.92. The summed E-state index contributed by atoms with van der Waals surface area (Å²) in [5.41, 5.74) is 3.81. The van der Waals surface area contributed by atoms with Gasteiger partial charge in [0.2, 0.25) is 5.91 Å². The van der Waals surface area contributed by atoms with Gasteiger partial charge in [0, 0.05) is 25.2 Å². The Morgan fingerprint density at radius 1 is 1.22 bits per heavy atom. The number of carbonyl (C=O) groups is 2. The highest BCUT2D eigenvalue weighted by Gasteiger charge is 2.14. The average Bonchev–Trinajstić information content (AvgIpc) is 2.94. The van der Waals surface area contributed by atoms with Crippen molar-refractivity contribution in [2.45, 2.75) is 0 Å². The maximum Gasteiger partial charge on any atom is 0.268 e. The van der Waals surface area contributed by atoms with E-state index in [1.54, 1.807) is 42.7 Å². The van der Waals surface area contributed by atoms with E-state index < -0.39 is 0 Å². The first-order valence-electron chi connectivity index (χ1n) is 6.77. The van der Waals surface area contributed by atoms with E-state index in [0.717, 1.165) is 5.56 Å². The monoisotopic (exact) mass is 349 g/mol. The van der Waals surface area contributed by atoms with Crippen molar-refractivity contribution in [3.63, 3.8) is 0 Å². The van der Waals surface area contributed by atoms with Gasteiger partial charge in [0.1, 0.15) is 5.00 Å². The van der Waals surface area contributed by atoms with Gasteiger partial charge in [-0.05, 0) is 29.2 Å². The zero-order valence-corrected chi connectivity index (χ0v) is 14.2. The van der Waals surface area contributed by atoms with Crippen molar-refractivity contribution >= 4 is 45.8 Å². The fourth-order valence-corrected chi connectivity index (χ4v) is 2.76. The van der Waals surface area contributed by atoms with E-state index in [4.69, 9.17) is 11.6 Å². The van der Waals surface area contributed by atoms with Crippen molar-refractivity contribution < 1.29 is 9.59 Å². The van der Waals surface area contributed by atoms with Crippen LogP contribution in [0, 0.1) is 0 Å². The molecule has 2 amide bonds.